The Balaban J connectivity index is 2.12. The molecular weight excluding hydrogens is 248 g/mol. The lowest BCUT2D eigenvalue weighted by Gasteiger charge is -2.10. The van der Waals surface area contributed by atoms with Gasteiger partial charge in [0.2, 0.25) is 11.8 Å². The van der Waals surface area contributed by atoms with Crippen molar-refractivity contribution in [1.29, 1.82) is 0 Å². The molecule has 1 heterocycles. The molecule has 98 valence electrons. The number of benzene rings is 1. The Morgan fingerprint density at radius 1 is 1.37 bits per heavy atom. The molecule has 0 spiro atoms. The molecule has 1 aliphatic heterocycles. The number of rotatable bonds is 3. The van der Waals surface area contributed by atoms with Crippen molar-refractivity contribution in [3.05, 3.63) is 35.9 Å². The summed E-state index contributed by atoms with van der Waals surface area (Å²) in [5, 5.41) is 10.9. The second-order valence-corrected chi connectivity index (χ2v) is 4.13. The third kappa shape index (κ3) is 2.79. The third-order valence-electron chi connectivity index (χ3n) is 2.80. The molecule has 0 radical (unpaired) electrons. The summed E-state index contributed by atoms with van der Waals surface area (Å²) in [5.74, 6) is -1.71. The third-order valence-corrected chi connectivity index (χ3v) is 2.80. The quantitative estimate of drug-likeness (QED) is 0.786. The first kappa shape index (κ1) is 12.8. The fraction of sp³-hybridized carbons (Fsp3) is 0.154. The van der Waals surface area contributed by atoms with Gasteiger partial charge in [0, 0.05) is 30.6 Å². The van der Waals surface area contributed by atoms with E-state index in [1.54, 1.807) is 30.1 Å². The summed E-state index contributed by atoms with van der Waals surface area (Å²) in [4.78, 5) is 34.7. The Bertz CT molecular complexity index is 592. The van der Waals surface area contributed by atoms with Gasteiger partial charge in [0.05, 0.1) is 6.42 Å². The molecule has 0 aromatic heterocycles. The van der Waals surface area contributed by atoms with Gasteiger partial charge in [-0.05, 0) is 23.8 Å². The number of carbonyl (C=O) groups is 3. The lowest BCUT2D eigenvalue weighted by molar-refractivity contribution is -0.131. The Hall–Kier alpha value is -2.63. The smallest absolute Gasteiger partial charge is 0.328 e. The zero-order chi connectivity index (χ0) is 14.0. The van der Waals surface area contributed by atoms with Crippen molar-refractivity contribution in [3.63, 3.8) is 0 Å². The first-order valence-electron chi connectivity index (χ1n) is 5.59. The van der Waals surface area contributed by atoms with Crippen molar-refractivity contribution < 1.29 is 19.5 Å². The molecule has 19 heavy (non-hydrogen) atoms. The van der Waals surface area contributed by atoms with Gasteiger partial charge in [-0.25, -0.2) is 4.79 Å². The normalized spacial score (nSPS) is 13.7. The Labute approximate surface area is 109 Å². The number of nitrogens with one attached hydrogen (secondary N) is 1. The van der Waals surface area contributed by atoms with E-state index in [1.807, 2.05) is 0 Å². The van der Waals surface area contributed by atoms with Crippen LogP contribution in [0.3, 0.4) is 0 Å². The van der Waals surface area contributed by atoms with Crippen molar-refractivity contribution in [3.8, 4) is 0 Å². The van der Waals surface area contributed by atoms with Crippen molar-refractivity contribution in [2.24, 2.45) is 0 Å². The topological polar surface area (TPSA) is 86.7 Å². The van der Waals surface area contributed by atoms with Crippen LogP contribution in [0.2, 0.25) is 0 Å². The molecule has 0 saturated carbocycles. The van der Waals surface area contributed by atoms with Crippen molar-refractivity contribution in [1.82, 2.24) is 0 Å². The highest BCUT2D eigenvalue weighted by atomic mass is 16.4. The highest BCUT2D eigenvalue weighted by molar-refractivity contribution is 6.04. The molecule has 6 heteroatoms. The van der Waals surface area contributed by atoms with Gasteiger partial charge in [-0.15, -0.1) is 0 Å². The SMILES string of the molecule is CN1C(=O)Cc2cc(NC(=O)/C=C/C(=O)O)ccc21. The average Bonchev–Trinajstić information content (AvgIpc) is 2.62. The van der Waals surface area contributed by atoms with Crippen molar-refractivity contribution >= 4 is 29.2 Å². The van der Waals surface area contributed by atoms with Crippen LogP contribution in [0.1, 0.15) is 5.56 Å². The summed E-state index contributed by atoms with van der Waals surface area (Å²) in [6, 6.07) is 5.13. The van der Waals surface area contributed by atoms with E-state index in [9.17, 15) is 14.4 Å². The summed E-state index contributed by atoms with van der Waals surface area (Å²) in [7, 11) is 1.70. The van der Waals surface area contributed by atoms with Gasteiger partial charge in [0.1, 0.15) is 0 Å². The largest absolute Gasteiger partial charge is 0.478 e. The Kier molecular flexibility index (Phi) is 3.33. The van der Waals surface area contributed by atoms with Gasteiger partial charge in [0.25, 0.3) is 0 Å². The molecule has 1 aliphatic rings. The molecule has 6 nitrogen and oxygen atoms in total. The number of hydrogen-bond acceptors (Lipinski definition) is 3. The van der Waals surface area contributed by atoms with Crippen LogP contribution >= 0.6 is 0 Å². The van der Waals surface area contributed by atoms with E-state index in [1.165, 1.54) is 0 Å². The van der Waals surface area contributed by atoms with Gasteiger partial charge < -0.3 is 15.3 Å². The molecule has 2 amide bonds. The number of anilines is 2. The zero-order valence-electron chi connectivity index (χ0n) is 10.2. The van der Waals surface area contributed by atoms with Gasteiger partial charge in [-0.2, -0.15) is 0 Å². The highest BCUT2D eigenvalue weighted by Gasteiger charge is 2.23. The number of aliphatic carboxylic acids is 1. The minimum atomic E-state index is -1.18. The first-order chi connectivity index (χ1) is 8.97. The number of amides is 2. The molecule has 1 aromatic rings. The second kappa shape index (κ2) is 4.93. The van der Waals surface area contributed by atoms with E-state index in [0.717, 1.165) is 23.4 Å². The van der Waals surface area contributed by atoms with E-state index < -0.39 is 11.9 Å². The summed E-state index contributed by atoms with van der Waals surface area (Å²) in [6.07, 6.45) is 2.01. The number of carboxylic acids is 1. The maximum atomic E-state index is 11.5. The highest BCUT2D eigenvalue weighted by Crippen LogP contribution is 2.29. The van der Waals surface area contributed by atoms with E-state index >= 15 is 0 Å². The van der Waals surface area contributed by atoms with Crippen LogP contribution in [-0.4, -0.2) is 29.9 Å². The number of likely N-dealkylation sites (N-methyl/N-ethyl adjacent to an activating group) is 1. The maximum absolute atomic E-state index is 11.5. The standard InChI is InChI=1S/C13H12N2O4/c1-15-10-3-2-9(6-8(10)7-12(15)17)14-11(16)4-5-13(18)19/h2-6H,7H2,1H3,(H,14,16)(H,18,19)/b5-4+. The molecule has 2 rings (SSSR count). The number of carboxylic acid groups (broad SMARTS) is 1. The molecule has 0 bridgehead atoms. The van der Waals surface area contributed by atoms with Gasteiger partial charge in [-0.3, -0.25) is 9.59 Å². The number of hydrogen-bond donors (Lipinski definition) is 2. The Morgan fingerprint density at radius 3 is 2.79 bits per heavy atom. The lowest BCUT2D eigenvalue weighted by Crippen LogP contribution is -2.20. The summed E-state index contributed by atoms with van der Waals surface area (Å²) < 4.78 is 0. The lowest BCUT2D eigenvalue weighted by atomic mass is 10.1. The molecule has 1 aromatic carbocycles. The fourth-order valence-corrected chi connectivity index (χ4v) is 1.88. The monoisotopic (exact) mass is 260 g/mol. The van der Waals surface area contributed by atoms with Crippen LogP contribution in [0, 0.1) is 0 Å². The van der Waals surface area contributed by atoms with E-state index in [0.29, 0.717) is 12.1 Å². The summed E-state index contributed by atoms with van der Waals surface area (Å²) in [5.41, 5.74) is 2.19. The molecule has 0 atom stereocenters. The van der Waals surface area contributed by atoms with Crippen LogP contribution in [-0.2, 0) is 20.8 Å². The van der Waals surface area contributed by atoms with Gasteiger partial charge >= 0.3 is 5.97 Å². The van der Waals surface area contributed by atoms with Crippen LogP contribution in [0.4, 0.5) is 11.4 Å². The van der Waals surface area contributed by atoms with E-state index in [2.05, 4.69) is 5.32 Å². The van der Waals surface area contributed by atoms with Gasteiger partial charge in [-0.1, -0.05) is 0 Å². The number of carbonyl (C=O) groups excluding carboxylic acids is 2. The molecular formula is C13H12N2O4. The number of fused-ring (bicyclic) bond motifs is 1. The van der Waals surface area contributed by atoms with Crippen LogP contribution in [0.5, 0.6) is 0 Å². The summed E-state index contributed by atoms with van der Waals surface area (Å²) in [6.45, 7) is 0. The summed E-state index contributed by atoms with van der Waals surface area (Å²) >= 11 is 0. The van der Waals surface area contributed by atoms with E-state index in [4.69, 9.17) is 5.11 Å². The zero-order valence-corrected chi connectivity index (χ0v) is 10.2. The fourth-order valence-electron chi connectivity index (χ4n) is 1.88. The average molecular weight is 260 g/mol. The van der Waals surface area contributed by atoms with Crippen LogP contribution in [0.25, 0.3) is 0 Å². The van der Waals surface area contributed by atoms with E-state index in [-0.39, 0.29) is 5.91 Å². The predicted octanol–water partition coefficient (Wildman–Crippen LogP) is 0.785. The molecule has 2 N–H and O–H groups in total. The van der Waals surface area contributed by atoms with Crippen LogP contribution < -0.4 is 10.2 Å². The van der Waals surface area contributed by atoms with Crippen molar-refractivity contribution in [2.75, 3.05) is 17.3 Å². The van der Waals surface area contributed by atoms with Crippen molar-refractivity contribution in [2.45, 2.75) is 6.42 Å². The molecule has 0 saturated heterocycles. The Morgan fingerprint density at radius 2 is 2.11 bits per heavy atom. The minimum absolute atomic E-state index is 0.00393. The number of nitrogens with zero attached hydrogens (tertiary/aromatic N) is 1. The maximum Gasteiger partial charge on any atom is 0.328 e. The second-order valence-electron chi connectivity index (χ2n) is 4.13. The molecule has 0 unspecified atom stereocenters. The minimum Gasteiger partial charge on any atom is -0.478 e. The molecule has 0 fully saturated rings. The van der Waals surface area contributed by atoms with Gasteiger partial charge in [0.15, 0.2) is 0 Å². The predicted molar refractivity (Wildman–Crippen MR) is 69.0 cm³/mol. The van der Waals surface area contributed by atoms with Crippen LogP contribution in [0.15, 0.2) is 30.4 Å². The first-order valence-corrected chi connectivity index (χ1v) is 5.59. The molecule has 0 aliphatic carbocycles.